The molecule has 0 amide bonds. The summed E-state index contributed by atoms with van der Waals surface area (Å²) in [5.74, 6) is -1.14. The number of pyridine rings is 1. The monoisotopic (exact) mass is 405 g/mol. The maximum Gasteiger partial charge on any atom is 0.377 e. The zero-order chi connectivity index (χ0) is 21.7. The van der Waals surface area contributed by atoms with Gasteiger partial charge in [0.25, 0.3) is 5.78 Å². The third-order valence-electron chi connectivity index (χ3n) is 4.38. The second kappa shape index (κ2) is 9.22. The molecule has 1 heterocycles. The topological polar surface area (TPSA) is 85.7 Å². The number of aromatic nitrogens is 1. The SMILES string of the molecule is COc1cc(/C=C(\C(=O)C(=O)O)c2ccc3ccccc3n2)ccc1OCC(C)C. The number of ether oxygens (including phenoxy) is 2. The van der Waals surface area contributed by atoms with Crippen molar-refractivity contribution in [2.75, 3.05) is 13.7 Å². The molecule has 0 atom stereocenters. The maximum absolute atomic E-state index is 12.4. The van der Waals surface area contributed by atoms with Gasteiger partial charge in [-0.25, -0.2) is 9.78 Å². The van der Waals surface area contributed by atoms with E-state index < -0.39 is 11.8 Å². The molecule has 0 saturated heterocycles. The lowest BCUT2D eigenvalue weighted by Crippen LogP contribution is -2.15. The van der Waals surface area contributed by atoms with E-state index in [-0.39, 0.29) is 5.57 Å². The van der Waals surface area contributed by atoms with Gasteiger partial charge in [0.1, 0.15) is 0 Å². The molecule has 0 unspecified atom stereocenters. The average molecular weight is 405 g/mol. The summed E-state index contributed by atoms with van der Waals surface area (Å²) in [5.41, 5.74) is 1.56. The van der Waals surface area contributed by atoms with Crippen molar-refractivity contribution in [3.05, 3.63) is 65.9 Å². The Morgan fingerprint density at radius 2 is 1.83 bits per heavy atom. The van der Waals surface area contributed by atoms with Gasteiger partial charge in [-0.3, -0.25) is 4.79 Å². The van der Waals surface area contributed by atoms with Crippen molar-refractivity contribution in [1.29, 1.82) is 0 Å². The number of rotatable bonds is 8. The number of ketones is 1. The first-order chi connectivity index (χ1) is 14.4. The van der Waals surface area contributed by atoms with Crippen LogP contribution in [0.2, 0.25) is 0 Å². The molecule has 0 radical (unpaired) electrons. The van der Waals surface area contributed by atoms with Crippen LogP contribution >= 0.6 is 0 Å². The first kappa shape index (κ1) is 21.0. The first-order valence-corrected chi connectivity index (χ1v) is 9.55. The Hall–Kier alpha value is -3.67. The Bertz CT molecular complexity index is 1120. The van der Waals surface area contributed by atoms with Gasteiger partial charge in [-0.15, -0.1) is 0 Å². The number of hydrogen-bond acceptors (Lipinski definition) is 5. The van der Waals surface area contributed by atoms with E-state index in [9.17, 15) is 14.7 Å². The molecule has 2 aromatic carbocycles. The predicted octanol–water partition coefficient (Wildman–Crippen LogP) is 4.47. The standard InChI is InChI=1S/C24H23NO5/c1-15(2)14-30-21-11-8-16(13-22(21)29-3)12-18(23(26)24(27)28)20-10-9-17-6-4-5-7-19(17)25-20/h4-13,15H,14H2,1-3H3,(H,27,28)/b18-12-. The number of carboxylic acids is 1. The fourth-order valence-corrected chi connectivity index (χ4v) is 2.90. The molecule has 0 aliphatic rings. The molecule has 30 heavy (non-hydrogen) atoms. The van der Waals surface area contributed by atoms with Crippen LogP contribution in [-0.2, 0) is 9.59 Å². The predicted molar refractivity (Wildman–Crippen MR) is 116 cm³/mol. The Balaban J connectivity index is 2.05. The summed E-state index contributed by atoms with van der Waals surface area (Å²) in [5, 5.41) is 10.2. The number of nitrogens with zero attached hydrogens (tertiary/aromatic N) is 1. The number of Topliss-reactive ketones (excluding diaryl/α,β-unsaturated/α-hetero) is 1. The highest BCUT2D eigenvalue weighted by molar-refractivity contribution is 6.52. The molecule has 6 nitrogen and oxygen atoms in total. The van der Waals surface area contributed by atoms with Crippen molar-refractivity contribution in [3.63, 3.8) is 0 Å². The highest BCUT2D eigenvalue weighted by atomic mass is 16.5. The van der Waals surface area contributed by atoms with Crippen LogP contribution in [0.15, 0.2) is 54.6 Å². The fraction of sp³-hybridized carbons (Fsp3) is 0.208. The van der Waals surface area contributed by atoms with Crippen LogP contribution < -0.4 is 9.47 Å². The Morgan fingerprint density at radius 1 is 1.07 bits per heavy atom. The summed E-state index contributed by atoms with van der Waals surface area (Å²) >= 11 is 0. The molecule has 0 saturated carbocycles. The molecule has 1 aromatic heterocycles. The molecule has 0 aliphatic carbocycles. The van der Waals surface area contributed by atoms with Crippen molar-refractivity contribution in [2.24, 2.45) is 5.92 Å². The van der Waals surface area contributed by atoms with Gasteiger partial charge in [0.05, 0.1) is 30.5 Å². The van der Waals surface area contributed by atoms with Crippen LogP contribution in [0.5, 0.6) is 11.5 Å². The molecular weight excluding hydrogens is 382 g/mol. The van der Waals surface area contributed by atoms with Crippen LogP contribution in [-0.4, -0.2) is 35.6 Å². The van der Waals surface area contributed by atoms with Gasteiger partial charge in [0, 0.05) is 5.39 Å². The second-order valence-corrected chi connectivity index (χ2v) is 7.20. The molecule has 3 aromatic rings. The molecule has 0 fully saturated rings. The summed E-state index contributed by atoms with van der Waals surface area (Å²) in [4.78, 5) is 28.3. The Morgan fingerprint density at radius 3 is 2.53 bits per heavy atom. The lowest BCUT2D eigenvalue weighted by Gasteiger charge is -2.13. The van der Waals surface area contributed by atoms with Crippen LogP contribution in [0.25, 0.3) is 22.6 Å². The van der Waals surface area contributed by atoms with Crippen molar-refractivity contribution in [1.82, 2.24) is 4.98 Å². The van der Waals surface area contributed by atoms with Gasteiger partial charge in [-0.2, -0.15) is 0 Å². The minimum atomic E-state index is -1.54. The van der Waals surface area contributed by atoms with Gasteiger partial charge in [0.15, 0.2) is 11.5 Å². The molecule has 154 valence electrons. The lowest BCUT2D eigenvalue weighted by atomic mass is 10.0. The van der Waals surface area contributed by atoms with Gasteiger partial charge in [0.2, 0.25) is 0 Å². The van der Waals surface area contributed by atoms with Crippen LogP contribution in [0, 0.1) is 5.92 Å². The van der Waals surface area contributed by atoms with Gasteiger partial charge in [-0.05, 0) is 41.8 Å². The van der Waals surface area contributed by atoms with E-state index in [1.807, 2.05) is 44.2 Å². The molecule has 0 aliphatic heterocycles. The molecule has 0 spiro atoms. The number of carbonyl (C=O) groups is 2. The van der Waals surface area contributed by atoms with E-state index in [0.717, 1.165) is 5.39 Å². The number of methoxy groups -OCH3 is 1. The Kier molecular flexibility index (Phi) is 6.47. The maximum atomic E-state index is 12.4. The van der Waals surface area contributed by atoms with E-state index in [1.165, 1.54) is 13.2 Å². The summed E-state index contributed by atoms with van der Waals surface area (Å²) in [6, 6.07) is 16.1. The van der Waals surface area contributed by atoms with Gasteiger partial charge >= 0.3 is 5.97 Å². The quantitative estimate of drug-likeness (QED) is 0.440. The smallest absolute Gasteiger partial charge is 0.377 e. The third-order valence-corrected chi connectivity index (χ3v) is 4.38. The summed E-state index contributed by atoms with van der Waals surface area (Å²) in [6.45, 7) is 4.63. The zero-order valence-electron chi connectivity index (χ0n) is 17.1. The summed E-state index contributed by atoms with van der Waals surface area (Å²) < 4.78 is 11.1. The molecule has 3 rings (SSSR count). The first-order valence-electron chi connectivity index (χ1n) is 9.55. The van der Waals surface area contributed by atoms with Crippen molar-refractivity contribution in [2.45, 2.75) is 13.8 Å². The largest absolute Gasteiger partial charge is 0.493 e. The zero-order valence-corrected chi connectivity index (χ0v) is 17.1. The van der Waals surface area contributed by atoms with Crippen molar-refractivity contribution >= 4 is 34.3 Å². The number of hydrogen-bond donors (Lipinski definition) is 1. The number of aliphatic carboxylic acids is 1. The second-order valence-electron chi connectivity index (χ2n) is 7.20. The average Bonchev–Trinajstić information content (AvgIpc) is 2.75. The van der Waals surface area contributed by atoms with Crippen molar-refractivity contribution in [3.8, 4) is 11.5 Å². The van der Waals surface area contributed by atoms with E-state index in [4.69, 9.17) is 9.47 Å². The third kappa shape index (κ3) is 4.84. The number of carboxylic acid groups (broad SMARTS) is 1. The molecule has 6 heteroatoms. The van der Waals surface area contributed by atoms with Gasteiger partial charge < -0.3 is 14.6 Å². The van der Waals surface area contributed by atoms with Crippen LogP contribution in [0.4, 0.5) is 0 Å². The van der Waals surface area contributed by atoms with E-state index in [2.05, 4.69) is 4.98 Å². The molecule has 1 N–H and O–H groups in total. The van der Waals surface area contributed by atoms with E-state index in [1.54, 1.807) is 24.3 Å². The highest BCUT2D eigenvalue weighted by Crippen LogP contribution is 2.30. The fourth-order valence-electron chi connectivity index (χ4n) is 2.90. The number of para-hydroxylation sites is 1. The number of fused-ring (bicyclic) bond motifs is 1. The summed E-state index contributed by atoms with van der Waals surface area (Å²) in [6.07, 6.45) is 1.50. The van der Waals surface area contributed by atoms with Crippen molar-refractivity contribution < 1.29 is 24.2 Å². The van der Waals surface area contributed by atoms with E-state index in [0.29, 0.717) is 40.8 Å². The molecular formula is C24H23NO5. The lowest BCUT2D eigenvalue weighted by molar-refractivity contribution is -0.146. The minimum absolute atomic E-state index is 0.00819. The normalized spacial score (nSPS) is 11.5. The minimum Gasteiger partial charge on any atom is -0.493 e. The molecule has 0 bridgehead atoms. The van der Waals surface area contributed by atoms with E-state index >= 15 is 0 Å². The Labute approximate surface area is 174 Å². The van der Waals surface area contributed by atoms with Gasteiger partial charge in [-0.1, -0.05) is 44.2 Å². The highest BCUT2D eigenvalue weighted by Gasteiger charge is 2.21. The van der Waals surface area contributed by atoms with Crippen LogP contribution in [0.1, 0.15) is 25.1 Å². The van der Waals surface area contributed by atoms with Crippen LogP contribution in [0.3, 0.4) is 0 Å². The number of carbonyl (C=O) groups excluding carboxylic acids is 1. The number of benzene rings is 2. The summed E-state index contributed by atoms with van der Waals surface area (Å²) in [7, 11) is 1.53.